The minimum atomic E-state index is -0.846. The molecule has 2 N–H and O–H groups in total. The molecule has 1 aliphatic heterocycles. The van der Waals surface area contributed by atoms with Crippen LogP contribution in [0.4, 0.5) is 0 Å². The van der Waals surface area contributed by atoms with Crippen LogP contribution in [0.25, 0.3) is 0 Å². The van der Waals surface area contributed by atoms with Gasteiger partial charge in [-0.25, -0.2) is 0 Å². The molecule has 0 radical (unpaired) electrons. The maximum Gasteiger partial charge on any atom is 0.326 e. The highest BCUT2D eigenvalue weighted by Gasteiger charge is 2.24. The van der Waals surface area contributed by atoms with Crippen molar-refractivity contribution in [2.45, 2.75) is 31.9 Å². The molecule has 2 heterocycles. The van der Waals surface area contributed by atoms with Crippen LogP contribution in [0.5, 0.6) is 0 Å². The van der Waals surface area contributed by atoms with Gasteiger partial charge in [0.25, 0.3) is 0 Å². The Labute approximate surface area is 118 Å². The second-order valence-electron chi connectivity index (χ2n) is 4.37. The van der Waals surface area contributed by atoms with E-state index < -0.39 is 12.0 Å². The summed E-state index contributed by atoms with van der Waals surface area (Å²) in [5.74, 6) is -0.846. The summed E-state index contributed by atoms with van der Waals surface area (Å²) in [4.78, 5) is 13.2. The first-order valence-corrected chi connectivity index (χ1v) is 7.52. The van der Waals surface area contributed by atoms with Gasteiger partial charge in [0.1, 0.15) is 6.04 Å². The first-order chi connectivity index (χ1) is 8.58. The lowest BCUT2D eigenvalue weighted by Gasteiger charge is -2.16. The van der Waals surface area contributed by atoms with E-state index in [1.807, 2.05) is 13.0 Å². The van der Waals surface area contributed by atoms with Crippen LogP contribution < -0.4 is 5.32 Å². The van der Waals surface area contributed by atoms with Gasteiger partial charge >= 0.3 is 5.97 Å². The number of nitrogens with one attached hydrogen (secondary N) is 1. The van der Waals surface area contributed by atoms with Crippen LogP contribution >= 0.6 is 27.3 Å². The number of rotatable bonds is 5. The van der Waals surface area contributed by atoms with Crippen molar-refractivity contribution in [1.82, 2.24) is 5.32 Å². The molecule has 0 saturated carbocycles. The van der Waals surface area contributed by atoms with Gasteiger partial charge in [-0.05, 0) is 41.8 Å². The lowest BCUT2D eigenvalue weighted by atomic mass is 10.2. The zero-order valence-corrected chi connectivity index (χ0v) is 12.5. The smallest absolute Gasteiger partial charge is 0.326 e. The van der Waals surface area contributed by atoms with Crippen molar-refractivity contribution >= 4 is 33.2 Å². The third-order valence-electron chi connectivity index (χ3n) is 2.98. The summed E-state index contributed by atoms with van der Waals surface area (Å²) >= 11 is 4.92. The Balaban J connectivity index is 2.01. The van der Waals surface area contributed by atoms with Crippen LogP contribution in [-0.4, -0.2) is 30.3 Å². The average Bonchev–Trinajstić information content (AvgIpc) is 2.90. The predicted octanol–water partition coefficient (Wildman–Crippen LogP) is 2.71. The zero-order valence-electron chi connectivity index (χ0n) is 10.1. The highest BCUT2D eigenvalue weighted by Crippen LogP contribution is 2.31. The van der Waals surface area contributed by atoms with Crippen molar-refractivity contribution in [2.24, 2.45) is 0 Å². The van der Waals surface area contributed by atoms with Crippen molar-refractivity contribution in [3.8, 4) is 0 Å². The number of carbonyl (C=O) groups is 1. The Morgan fingerprint density at radius 3 is 3.06 bits per heavy atom. The summed E-state index contributed by atoms with van der Waals surface area (Å²) in [6.07, 6.45) is 2.22. The lowest BCUT2D eigenvalue weighted by Crippen LogP contribution is -2.34. The van der Waals surface area contributed by atoms with E-state index in [9.17, 15) is 9.90 Å². The average molecular weight is 334 g/mol. The summed E-state index contributed by atoms with van der Waals surface area (Å²) in [7, 11) is 0. The van der Waals surface area contributed by atoms with Gasteiger partial charge in [0.15, 0.2) is 0 Å². The fourth-order valence-corrected chi connectivity index (χ4v) is 3.62. The summed E-state index contributed by atoms with van der Waals surface area (Å²) < 4.78 is 6.45. The minimum absolute atomic E-state index is 0.149. The molecule has 1 aromatic rings. The van der Waals surface area contributed by atoms with Crippen LogP contribution in [0.15, 0.2) is 10.5 Å². The van der Waals surface area contributed by atoms with E-state index in [1.165, 1.54) is 11.3 Å². The molecule has 0 amide bonds. The Bertz CT molecular complexity index is 409. The monoisotopic (exact) mass is 333 g/mol. The number of carboxylic acids is 1. The van der Waals surface area contributed by atoms with Crippen LogP contribution in [0.3, 0.4) is 0 Å². The molecule has 4 nitrogen and oxygen atoms in total. The van der Waals surface area contributed by atoms with Crippen molar-refractivity contribution < 1.29 is 14.6 Å². The number of hydrogen-bond acceptors (Lipinski definition) is 4. The highest BCUT2D eigenvalue weighted by molar-refractivity contribution is 9.10. The largest absolute Gasteiger partial charge is 0.480 e. The molecule has 2 atom stereocenters. The Kier molecular flexibility index (Phi) is 4.77. The van der Waals surface area contributed by atoms with Gasteiger partial charge in [0.2, 0.25) is 0 Å². The first-order valence-electron chi connectivity index (χ1n) is 5.91. The van der Waals surface area contributed by atoms with Gasteiger partial charge in [-0.1, -0.05) is 0 Å². The molecule has 1 aliphatic rings. The quantitative estimate of drug-likeness (QED) is 0.869. The molecule has 6 heteroatoms. The Morgan fingerprint density at radius 2 is 2.56 bits per heavy atom. The molecule has 1 fully saturated rings. The van der Waals surface area contributed by atoms with E-state index in [-0.39, 0.29) is 6.10 Å². The summed E-state index contributed by atoms with van der Waals surface area (Å²) in [6, 6.07) is 1.23. The van der Waals surface area contributed by atoms with Gasteiger partial charge in [0, 0.05) is 27.4 Å². The number of ether oxygens (including phenoxy) is 1. The van der Waals surface area contributed by atoms with E-state index in [2.05, 4.69) is 21.2 Å². The second kappa shape index (κ2) is 6.14. The normalized spacial score (nSPS) is 21.1. The zero-order chi connectivity index (χ0) is 13.1. The predicted molar refractivity (Wildman–Crippen MR) is 74.1 cm³/mol. The third kappa shape index (κ3) is 3.32. The van der Waals surface area contributed by atoms with Gasteiger partial charge in [-0.2, -0.15) is 0 Å². The maximum atomic E-state index is 11.3. The van der Waals surface area contributed by atoms with E-state index in [0.717, 1.165) is 33.7 Å². The van der Waals surface area contributed by atoms with E-state index in [4.69, 9.17) is 4.74 Å². The van der Waals surface area contributed by atoms with Crippen molar-refractivity contribution in [3.05, 3.63) is 20.3 Å². The number of aryl methyl sites for hydroxylation is 1. The van der Waals surface area contributed by atoms with Crippen LogP contribution in [0.1, 0.15) is 28.6 Å². The van der Waals surface area contributed by atoms with Crippen LogP contribution in [0, 0.1) is 6.92 Å². The molecule has 0 spiro atoms. The third-order valence-corrected chi connectivity index (χ3v) is 5.18. The number of thiophene rings is 1. The van der Waals surface area contributed by atoms with Crippen LogP contribution in [0.2, 0.25) is 0 Å². The Hall–Kier alpha value is -0.430. The van der Waals surface area contributed by atoms with Crippen molar-refractivity contribution in [2.75, 3.05) is 13.2 Å². The minimum Gasteiger partial charge on any atom is -0.480 e. The van der Waals surface area contributed by atoms with Crippen molar-refractivity contribution in [3.63, 3.8) is 0 Å². The summed E-state index contributed by atoms with van der Waals surface area (Å²) in [5, 5.41) is 12.4. The Morgan fingerprint density at radius 1 is 1.78 bits per heavy atom. The summed E-state index contributed by atoms with van der Waals surface area (Å²) in [5.41, 5.74) is 0. The van der Waals surface area contributed by atoms with E-state index in [0.29, 0.717) is 6.54 Å². The van der Waals surface area contributed by atoms with Gasteiger partial charge < -0.3 is 9.84 Å². The highest BCUT2D eigenvalue weighted by atomic mass is 79.9. The van der Waals surface area contributed by atoms with E-state index in [1.54, 1.807) is 0 Å². The van der Waals surface area contributed by atoms with Gasteiger partial charge in [-0.3, -0.25) is 10.1 Å². The molecule has 2 rings (SSSR count). The number of hydrogen-bond donors (Lipinski definition) is 2. The molecular weight excluding hydrogens is 318 g/mol. The van der Waals surface area contributed by atoms with Crippen molar-refractivity contribution in [1.29, 1.82) is 0 Å². The van der Waals surface area contributed by atoms with Gasteiger partial charge in [0.05, 0.1) is 6.10 Å². The number of carboxylic acid groups (broad SMARTS) is 1. The molecule has 100 valence electrons. The number of aliphatic carboxylic acids is 1. The molecule has 1 aromatic heterocycles. The summed E-state index contributed by atoms with van der Waals surface area (Å²) in [6.45, 7) is 3.34. The van der Waals surface area contributed by atoms with Crippen LogP contribution in [-0.2, 0) is 9.53 Å². The fraction of sp³-hybridized carbons (Fsp3) is 0.583. The van der Waals surface area contributed by atoms with Gasteiger partial charge in [-0.15, -0.1) is 11.3 Å². The molecule has 1 saturated heterocycles. The lowest BCUT2D eigenvalue weighted by molar-refractivity contribution is -0.139. The first kappa shape index (κ1) is 14.0. The molecule has 0 aliphatic carbocycles. The molecule has 18 heavy (non-hydrogen) atoms. The SMILES string of the molecule is Cc1sc(C(NCC2CCCO2)C(=O)O)cc1Br. The second-order valence-corrected chi connectivity index (χ2v) is 6.51. The van der Waals surface area contributed by atoms with E-state index >= 15 is 0 Å². The standard InChI is InChI=1S/C12H16BrNO3S/c1-7-9(13)5-10(18-7)11(12(15)16)14-6-8-3-2-4-17-8/h5,8,11,14H,2-4,6H2,1H3,(H,15,16). The molecule has 2 unspecified atom stereocenters. The molecule has 0 aromatic carbocycles. The topological polar surface area (TPSA) is 58.6 Å². The number of halogens is 1. The maximum absolute atomic E-state index is 11.3. The fourth-order valence-electron chi connectivity index (χ4n) is 1.99. The molecule has 0 bridgehead atoms. The molecular formula is C12H16BrNO3S.